The zero-order valence-corrected chi connectivity index (χ0v) is 17.6. The summed E-state index contributed by atoms with van der Waals surface area (Å²) >= 11 is 0. The van der Waals surface area contributed by atoms with Crippen molar-refractivity contribution in [3.05, 3.63) is 47.2 Å². The molecule has 6 nitrogen and oxygen atoms in total. The van der Waals surface area contributed by atoms with Crippen molar-refractivity contribution in [2.24, 2.45) is 5.92 Å². The highest BCUT2D eigenvalue weighted by molar-refractivity contribution is 5.31. The first-order valence-corrected chi connectivity index (χ1v) is 10.8. The second kappa shape index (κ2) is 7.54. The number of hydrogen-bond acceptors (Lipinski definition) is 6. The molecule has 7 heteroatoms. The Balaban J connectivity index is 1.27. The number of aromatic nitrogens is 3. The van der Waals surface area contributed by atoms with Gasteiger partial charge < -0.3 is 14.2 Å². The first-order valence-electron chi connectivity index (χ1n) is 10.8. The van der Waals surface area contributed by atoms with Gasteiger partial charge in [0.1, 0.15) is 11.5 Å². The Kier molecular flexibility index (Phi) is 4.98. The van der Waals surface area contributed by atoms with Gasteiger partial charge in [-0.25, -0.2) is 9.37 Å². The van der Waals surface area contributed by atoms with E-state index in [-0.39, 0.29) is 0 Å². The van der Waals surface area contributed by atoms with Crippen LogP contribution < -0.4 is 4.74 Å². The van der Waals surface area contributed by atoms with E-state index >= 15 is 4.39 Å². The fraction of sp³-hybridized carbons (Fsp3) is 0.609. The lowest BCUT2D eigenvalue weighted by molar-refractivity contribution is -0.194. The molecule has 0 aromatic carbocycles. The van der Waals surface area contributed by atoms with Crippen molar-refractivity contribution in [3.63, 3.8) is 0 Å². The van der Waals surface area contributed by atoms with Gasteiger partial charge in [0.2, 0.25) is 5.88 Å². The Morgan fingerprint density at radius 2 is 1.83 bits per heavy atom. The smallest absolute Gasteiger partial charge is 0.223 e. The summed E-state index contributed by atoms with van der Waals surface area (Å²) in [6.45, 7) is 5.51. The highest BCUT2D eigenvalue weighted by Gasteiger charge is 2.49. The third-order valence-corrected chi connectivity index (χ3v) is 6.65. The summed E-state index contributed by atoms with van der Waals surface area (Å²) < 4.78 is 33.5. The standard InChI is InChI=1S/C23H28FN3O3/c1-15-3-4-20(26-12-15)18-11-17(18)14-28-21-19(13-25-16(2)27-21)22(24)5-7-23(8-6-22)29-9-10-30-23/h3-4,12-13,17-18H,5-11,14H2,1-2H3/t17-,18?/m1/s1. The Morgan fingerprint density at radius 1 is 1.07 bits per heavy atom. The van der Waals surface area contributed by atoms with E-state index in [0.717, 1.165) is 17.7 Å². The monoisotopic (exact) mass is 413 g/mol. The van der Waals surface area contributed by atoms with Gasteiger partial charge in [-0.05, 0) is 44.7 Å². The predicted octanol–water partition coefficient (Wildman–Crippen LogP) is 4.15. The highest BCUT2D eigenvalue weighted by Crippen LogP contribution is 2.50. The number of halogens is 1. The van der Waals surface area contributed by atoms with Crippen LogP contribution in [0.15, 0.2) is 24.5 Å². The molecule has 1 aliphatic heterocycles. The van der Waals surface area contributed by atoms with E-state index in [1.54, 1.807) is 13.1 Å². The Morgan fingerprint density at radius 3 is 2.53 bits per heavy atom. The summed E-state index contributed by atoms with van der Waals surface area (Å²) in [4.78, 5) is 13.2. The molecule has 30 heavy (non-hydrogen) atoms. The summed E-state index contributed by atoms with van der Waals surface area (Å²) in [6, 6.07) is 4.17. The number of aryl methyl sites for hydroxylation is 2. The van der Waals surface area contributed by atoms with Gasteiger partial charge in [0, 0.05) is 42.8 Å². The molecule has 3 fully saturated rings. The Hall–Kier alpha value is -2.12. The molecule has 5 rings (SSSR count). The lowest BCUT2D eigenvalue weighted by atomic mass is 9.79. The number of hydrogen-bond donors (Lipinski definition) is 0. The van der Waals surface area contributed by atoms with Crippen LogP contribution in [0.2, 0.25) is 0 Å². The van der Waals surface area contributed by atoms with Crippen LogP contribution in [-0.4, -0.2) is 40.6 Å². The minimum absolute atomic E-state index is 0.315. The molecule has 160 valence electrons. The van der Waals surface area contributed by atoms with Crippen LogP contribution in [0, 0.1) is 19.8 Å². The van der Waals surface area contributed by atoms with Crippen LogP contribution in [0.1, 0.15) is 60.7 Å². The number of alkyl halides is 1. The van der Waals surface area contributed by atoms with Crippen molar-refractivity contribution in [3.8, 4) is 5.88 Å². The van der Waals surface area contributed by atoms with E-state index < -0.39 is 11.5 Å². The highest BCUT2D eigenvalue weighted by atomic mass is 19.1. The van der Waals surface area contributed by atoms with E-state index in [4.69, 9.17) is 14.2 Å². The molecule has 2 aliphatic carbocycles. The molecular formula is C23H28FN3O3. The van der Waals surface area contributed by atoms with E-state index in [2.05, 4.69) is 27.1 Å². The fourth-order valence-corrected chi connectivity index (χ4v) is 4.63. The molecule has 0 N–H and O–H groups in total. The largest absolute Gasteiger partial charge is 0.477 e. The maximum atomic E-state index is 16.0. The van der Waals surface area contributed by atoms with Crippen LogP contribution in [0.3, 0.4) is 0 Å². The first kappa shape index (κ1) is 19.8. The lowest BCUT2D eigenvalue weighted by Gasteiger charge is -2.39. The quantitative estimate of drug-likeness (QED) is 0.734. The molecule has 1 unspecified atom stereocenters. The summed E-state index contributed by atoms with van der Waals surface area (Å²) in [7, 11) is 0. The third-order valence-electron chi connectivity index (χ3n) is 6.65. The van der Waals surface area contributed by atoms with E-state index in [1.807, 2.05) is 13.1 Å². The first-order chi connectivity index (χ1) is 14.5. The van der Waals surface area contributed by atoms with Gasteiger partial charge in [0.25, 0.3) is 0 Å². The second-order valence-corrected chi connectivity index (χ2v) is 8.88. The molecule has 0 bridgehead atoms. The van der Waals surface area contributed by atoms with Crippen molar-refractivity contribution >= 4 is 0 Å². The molecule has 2 saturated carbocycles. The SMILES string of the molecule is Cc1ccc(C2C[C@@H]2COc2nc(C)ncc2C2(F)CCC3(CC2)OCCO3)nc1. The molecule has 0 amide bonds. The van der Waals surface area contributed by atoms with Gasteiger partial charge in [0.05, 0.1) is 25.4 Å². The maximum Gasteiger partial charge on any atom is 0.223 e. The molecule has 2 aromatic rings. The number of pyridine rings is 1. The summed E-state index contributed by atoms with van der Waals surface area (Å²) in [5.74, 6) is 1.14. The third kappa shape index (κ3) is 3.81. The molecule has 1 spiro atoms. The van der Waals surface area contributed by atoms with E-state index in [9.17, 15) is 0 Å². The molecule has 0 radical (unpaired) electrons. The molecular weight excluding hydrogens is 385 g/mol. The average Bonchev–Trinajstić information content (AvgIpc) is 3.38. The van der Waals surface area contributed by atoms with Gasteiger partial charge in [-0.3, -0.25) is 4.98 Å². The Labute approximate surface area is 176 Å². The lowest BCUT2D eigenvalue weighted by Crippen LogP contribution is -2.40. The molecule has 3 aliphatic rings. The number of ether oxygens (including phenoxy) is 3. The second-order valence-electron chi connectivity index (χ2n) is 8.88. The molecule has 1 saturated heterocycles. The van der Waals surface area contributed by atoms with Crippen molar-refractivity contribution in [2.45, 2.75) is 63.3 Å². The van der Waals surface area contributed by atoms with Crippen molar-refractivity contribution in [2.75, 3.05) is 19.8 Å². The van der Waals surface area contributed by atoms with Gasteiger partial charge in [-0.1, -0.05) is 6.07 Å². The van der Waals surface area contributed by atoms with Gasteiger partial charge in [-0.2, -0.15) is 4.98 Å². The molecule has 2 atom stereocenters. The van der Waals surface area contributed by atoms with Gasteiger partial charge in [0.15, 0.2) is 5.79 Å². The Bertz CT molecular complexity index is 904. The van der Waals surface area contributed by atoms with Crippen LogP contribution in [0.4, 0.5) is 4.39 Å². The minimum Gasteiger partial charge on any atom is -0.477 e. The average molecular weight is 413 g/mol. The van der Waals surface area contributed by atoms with Crippen LogP contribution in [0.25, 0.3) is 0 Å². The number of nitrogens with zero attached hydrogens (tertiary/aromatic N) is 3. The van der Waals surface area contributed by atoms with E-state index in [1.165, 1.54) is 0 Å². The minimum atomic E-state index is -1.52. The molecule has 2 aromatic heterocycles. The fourth-order valence-electron chi connectivity index (χ4n) is 4.63. The summed E-state index contributed by atoms with van der Waals surface area (Å²) in [5, 5.41) is 0. The van der Waals surface area contributed by atoms with Crippen LogP contribution >= 0.6 is 0 Å². The number of rotatable bonds is 5. The van der Waals surface area contributed by atoms with Crippen LogP contribution in [0.5, 0.6) is 5.88 Å². The maximum absolute atomic E-state index is 16.0. The summed E-state index contributed by atoms with van der Waals surface area (Å²) in [5.41, 5.74) is 1.19. The van der Waals surface area contributed by atoms with Gasteiger partial charge >= 0.3 is 0 Å². The zero-order valence-electron chi connectivity index (χ0n) is 17.6. The summed E-state index contributed by atoms with van der Waals surface area (Å²) in [6.07, 6.45) is 6.22. The molecule has 3 heterocycles. The zero-order chi connectivity index (χ0) is 20.8. The van der Waals surface area contributed by atoms with Gasteiger partial charge in [-0.15, -0.1) is 0 Å². The normalized spacial score (nSPS) is 26.6. The van der Waals surface area contributed by atoms with Crippen LogP contribution in [-0.2, 0) is 15.1 Å². The van der Waals surface area contributed by atoms with Crippen molar-refractivity contribution in [1.29, 1.82) is 0 Å². The topological polar surface area (TPSA) is 66.4 Å². The van der Waals surface area contributed by atoms with Crippen molar-refractivity contribution < 1.29 is 18.6 Å². The predicted molar refractivity (Wildman–Crippen MR) is 108 cm³/mol. The van der Waals surface area contributed by atoms with Crippen molar-refractivity contribution in [1.82, 2.24) is 15.0 Å². The van der Waals surface area contributed by atoms with E-state index in [0.29, 0.717) is 74.6 Å².